The highest BCUT2D eigenvalue weighted by Gasteiger charge is 2.39. The van der Waals surface area contributed by atoms with Crippen LogP contribution in [0.25, 0.3) is 0 Å². The molecule has 0 aliphatic carbocycles. The zero-order chi connectivity index (χ0) is 13.2. The van der Waals surface area contributed by atoms with Crippen molar-refractivity contribution >= 4 is 0 Å². The zero-order valence-electron chi connectivity index (χ0n) is 12.2. The number of piperidine rings is 1. The highest BCUT2D eigenvalue weighted by molar-refractivity contribution is 5.21. The van der Waals surface area contributed by atoms with Crippen molar-refractivity contribution < 1.29 is 0 Å². The number of hydrogen-bond donors (Lipinski definition) is 1. The molecule has 2 atom stereocenters. The van der Waals surface area contributed by atoms with E-state index in [0.29, 0.717) is 0 Å². The van der Waals surface area contributed by atoms with Crippen molar-refractivity contribution in [1.82, 2.24) is 10.2 Å². The van der Waals surface area contributed by atoms with Gasteiger partial charge in [0, 0.05) is 24.7 Å². The minimum atomic E-state index is 0.758. The van der Waals surface area contributed by atoms with Crippen LogP contribution in [0.5, 0.6) is 0 Å². The third kappa shape index (κ3) is 2.85. The van der Waals surface area contributed by atoms with Crippen LogP contribution >= 0.6 is 0 Å². The zero-order valence-corrected chi connectivity index (χ0v) is 12.2. The van der Waals surface area contributed by atoms with Gasteiger partial charge in [-0.1, -0.05) is 29.8 Å². The van der Waals surface area contributed by atoms with Gasteiger partial charge in [0.1, 0.15) is 0 Å². The third-order valence-electron chi connectivity index (χ3n) is 5.07. The van der Waals surface area contributed by atoms with Crippen molar-refractivity contribution in [3.05, 3.63) is 35.4 Å². The van der Waals surface area contributed by atoms with Crippen molar-refractivity contribution in [3.63, 3.8) is 0 Å². The molecule has 104 valence electrons. The molecule has 3 rings (SSSR count). The summed E-state index contributed by atoms with van der Waals surface area (Å²) in [6.45, 7) is 3.40. The molecular formula is C17H26N2. The van der Waals surface area contributed by atoms with E-state index in [9.17, 15) is 0 Å². The fourth-order valence-electron chi connectivity index (χ4n) is 3.89. The number of fused-ring (bicyclic) bond motifs is 2. The maximum absolute atomic E-state index is 3.48. The maximum atomic E-state index is 3.48. The fourth-order valence-corrected chi connectivity index (χ4v) is 3.89. The van der Waals surface area contributed by atoms with Gasteiger partial charge in [0.2, 0.25) is 0 Å². The van der Waals surface area contributed by atoms with Gasteiger partial charge in [-0.15, -0.1) is 0 Å². The predicted octanol–water partition coefficient (Wildman–Crippen LogP) is 2.75. The van der Waals surface area contributed by atoms with E-state index in [1.54, 1.807) is 0 Å². The van der Waals surface area contributed by atoms with Crippen LogP contribution in [0, 0.1) is 6.92 Å². The number of nitrogens with one attached hydrogen (secondary N) is 1. The maximum Gasteiger partial charge on any atom is 0.0114 e. The molecule has 2 aliphatic heterocycles. The van der Waals surface area contributed by atoms with Gasteiger partial charge in [-0.05, 0) is 51.6 Å². The highest BCUT2D eigenvalue weighted by Crippen LogP contribution is 2.35. The topological polar surface area (TPSA) is 15.3 Å². The Kier molecular flexibility index (Phi) is 3.90. The van der Waals surface area contributed by atoms with Gasteiger partial charge in [0.05, 0.1) is 0 Å². The lowest BCUT2D eigenvalue weighted by atomic mass is 9.97. The van der Waals surface area contributed by atoms with Gasteiger partial charge < -0.3 is 5.32 Å². The summed E-state index contributed by atoms with van der Waals surface area (Å²) in [6, 6.07) is 11.5. The summed E-state index contributed by atoms with van der Waals surface area (Å²) in [5, 5.41) is 3.48. The molecule has 19 heavy (non-hydrogen) atoms. The second-order valence-electron chi connectivity index (χ2n) is 6.32. The van der Waals surface area contributed by atoms with E-state index in [-0.39, 0.29) is 0 Å². The summed E-state index contributed by atoms with van der Waals surface area (Å²) in [7, 11) is 2.12. The first kappa shape index (κ1) is 13.1. The van der Waals surface area contributed by atoms with E-state index in [4.69, 9.17) is 0 Å². The molecule has 0 aromatic heterocycles. The van der Waals surface area contributed by atoms with Crippen molar-refractivity contribution in [2.45, 2.75) is 57.2 Å². The molecule has 2 nitrogen and oxygen atoms in total. The van der Waals surface area contributed by atoms with Gasteiger partial charge in [0.15, 0.2) is 0 Å². The van der Waals surface area contributed by atoms with Crippen molar-refractivity contribution in [2.75, 3.05) is 13.6 Å². The summed E-state index contributed by atoms with van der Waals surface area (Å²) in [6.07, 6.45) is 6.73. The summed E-state index contributed by atoms with van der Waals surface area (Å²) in [4.78, 5) is 2.79. The Bertz CT molecular complexity index is 398. The summed E-state index contributed by atoms with van der Waals surface area (Å²) in [5.41, 5.74) is 2.85. The Morgan fingerprint density at radius 3 is 2.32 bits per heavy atom. The summed E-state index contributed by atoms with van der Waals surface area (Å²) >= 11 is 0. The minimum absolute atomic E-state index is 0.758. The first-order valence-corrected chi connectivity index (χ1v) is 7.75. The molecule has 2 bridgehead atoms. The average Bonchev–Trinajstić information content (AvgIpc) is 2.67. The van der Waals surface area contributed by atoms with Crippen molar-refractivity contribution in [3.8, 4) is 0 Å². The number of benzene rings is 1. The molecule has 1 aromatic carbocycles. The number of nitrogens with zero attached hydrogens (tertiary/aromatic N) is 1. The second-order valence-corrected chi connectivity index (χ2v) is 6.32. The third-order valence-corrected chi connectivity index (χ3v) is 5.07. The smallest absolute Gasteiger partial charge is 0.0114 e. The number of aryl methyl sites for hydroxylation is 1. The van der Waals surface area contributed by atoms with E-state index >= 15 is 0 Å². The van der Waals surface area contributed by atoms with Crippen molar-refractivity contribution in [1.29, 1.82) is 0 Å². The molecule has 1 N–H and O–H groups in total. The second kappa shape index (κ2) is 5.64. The first-order chi connectivity index (χ1) is 9.26. The molecule has 2 fully saturated rings. The Morgan fingerprint density at radius 1 is 1.11 bits per heavy atom. The lowest BCUT2D eigenvalue weighted by Crippen LogP contribution is -2.48. The number of rotatable bonds is 4. The Morgan fingerprint density at radius 2 is 1.74 bits per heavy atom. The van der Waals surface area contributed by atoms with E-state index in [1.807, 2.05) is 0 Å². The molecule has 2 heterocycles. The monoisotopic (exact) mass is 258 g/mol. The lowest BCUT2D eigenvalue weighted by molar-refractivity contribution is 0.121. The Balaban J connectivity index is 1.58. The normalized spacial score (nSPS) is 30.7. The Labute approximate surface area is 117 Å². The van der Waals surface area contributed by atoms with E-state index < -0.39 is 0 Å². The van der Waals surface area contributed by atoms with Crippen LogP contribution in [-0.2, 0) is 6.42 Å². The Hall–Kier alpha value is -0.860. The standard InChI is InChI=1S/C17H26N2/c1-13-3-5-14(6-4-13)9-10-19-16-7-8-17(19)12-15(11-16)18-2/h3-6,15-18H,7-12H2,1-2H3. The highest BCUT2D eigenvalue weighted by atomic mass is 15.2. The van der Waals surface area contributed by atoms with E-state index in [0.717, 1.165) is 18.1 Å². The van der Waals surface area contributed by atoms with Crippen LogP contribution in [-0.4, -0.2) is 36.6 Å². The molecule has 0 amide bonds. The minimum Gasteiger partial charge on any atom is -0.317 e. The quantitative estimate of drug-likeness (QED) is 0.893. The summed E-state index contributed by atoms with van der Waals surface area (Å²) in [5.74, 6) is 0. The van der Waals surface area contributed by atoms with Crippen LogP contribution in [0.3, 0.4) is 0 Å². The summed E-state index contributed by atoms with van der Waals surface area (Å²) < 4.78 is 0. The van der Waals surface area contributed by atoms with Crippen LogP contribution < -0.4 is 5.32 Å². The van der Waals surface area contributed by atoms with Crippen LogP contribution in [0.15, 0.2) is 24.3 Å². The van der Waals surface area contributed by atoms with Gasteiger partial charge in [-0.2, -0.15) is 0 Å². The van der Waals surface area contributed by atoms with Crippen LogP contribution in [0.2, 0.25) is 0 Å². The van der Waals surface area contributed by atoms with Gasteiger partial charge >= 0.3 is 0 Å². The van der Waals surface area contributed by atoms with Crippen LogP contribution in [0.1, 0.15) is 36.8 Å². The molecule has 2 aliphatic rings. The molecule has 2 saturated heterocycles. The molecule has 1 aromatic rings. The van der Waals surface area contributed by atoms with Gasteiger partial charge in [-0.3, -0.25) is 4.90 Å². The van der Waals surface area contributed by atoms with E-state index in [1.165, 1.54) is 49.8 Å². The van der Waals surface area contributed by atoms with Crippen LogP contribution in [0.4, 0.5) is 0 Å². The molecule has 2 unspecified atom stereocenters. The lowest BCUT2D eigenvalue weighted by Gasteiger charge is -2.39. The fraction of sp³-hybridized carbons (Fsp3) is 0.647. The largest absolute Gasteiger partial charge is 0.317 e. The molecule has 0 radical (unpaired) electrons. The number of hydrogen-bond acceptors (Lipinski definition) is 2. The average molecular weight is 258 g/mol. The first-order valence-electron chi connectivity index (χ1n) is 7.75. The van der Waals surface area contributed by atoms with Gasteiger partial charge in [0.25, 0.3) is 0 Å². The molecular weight excluding hydrogens is 232 g/mol. The molecule has 2 heteroatoms. The van der Waals surface area contributed by atoms with Gasteiger partial charge in [-0.25, -0.2) is 0 Å². The molecule has 0 spiro atoms. The predicted molar refractivity (Wildman–Crippen MR) is 80.5 cm³/mol. The molecule has 0 saturated carbocycles. The van der Waals surface area contributed by atoms with E-state index in [2.05, 4.69) is 48.5 Å². The van der Waals surface area contributed by atoms with Crippen molar-refractivity contribution in [2.24, 2.45) is 0 Å². The SMILES string of the molecule is CNC1CC2CCC(C1)N2CCc1ccc(C)cc1.